The Morgan fingerprint density at radius 3 is 2.03 bits per heavy atom. The molecule has 0 aliphatic carbocycles. The Hall–Kier alpha value is -2.57. The molecule has 0 aliphatic rings. The minimum Gasteiger partial charge on any atom is -0.444 e. The zero-order chi connectivity index (χ0) is 29.8. The van der Waals surface area contributed by atoms with Gasteiger partial charge in [0.1, 0.15) is 17.7 Å². The van der Waals surface area contributed by atoms with E-state index in [1.165, 1.54) is 0 Å². The monoisotopic (exact) mass is 545 g/mol. The third-order valence-corrected chi connectivity index (χ3v) is 6.46. The highest BCUT2D eigenvalue weighted by Gasteiger charge is 2.36. The van der Waals surface area contributed by atoms with E-state index in [9.17, 15) is 14.4 Å². The van der Waals surface area contributed by atoms with Gasteiger partial charge in [0, 0.05) is 12.6 Å². The van der Waals surface area contributed by atoms with Crippen LogP contribution < -0.4 is 10.6 Å². The number of benzene rings is 1. The van der Waals surface area contributed by atoms with Crippen molar-refractivity contribution < 1.29 is 19.1 Å². The number of carbonyl (C=O) groups is 3. The van der Waals surface area contributed by atoms with Crippen molar-refractivity contribution in [1.29, 1.82) is 0 Å². The lowest BCUT2D eigenvalue weighted by Gasteiger charge is -2.36. The molecule has 0 spiro atoms. The van der Waals surface area contributed by atoms with Crippen molar-refractivity contribution in [3.63, 3.8) is 0 Å². The van der Waals surface area contributed by atoms with Gasteiger partial charge in [0.25, 0.3) is 0 Å². The van der Waals surface area contributed by atoms with Crippen LogP contribution in [0.2, 0.25) is 0 Å². The molecule has 3 amide bonds. The molecule has 0 fully saturated rings. The quantitative estimate of drug-likeness (QED) is 0.232. The van der Waals surface area contributed by atoms with Crippen molar-refractivity contribution in [3.8, 4) is 0 Å². The predicted molar refractivity (Wildman–Crippen MR) is 160 cm³/mol. The Labute approximate surface area is 237 Å². The van der Waals surface area contributed by atoms with Gasteiger partial charge in [-0.1, -0.05) is 82.7 Å². The number of hydrogen-bond acceptors (Lipinski definition) is 4. The topological polar surface area (TPSA) is 87.7 Å². The summed E-state index contributed by atoms with van der Waals surface area (Å²) in [7, 11) is 0. The molecule has 0 heterocycles. The largest absolute Gasteiger partial charge is 0.444 e. The summed E-state index contributed by atoms with van der Waals surface area (Å²) >= 11 is 0. The van der Waals surface area contributed by atoms with Crippen LogP contribution in [0.4, 0.5) is 4.79 Å². The molecule has 39 heavy (non-hydrogen) atoms. The average molecular weight is 546 g/mol. The van der Waals surface area contributed by atoms with E-state index in [-0.39, 0.29) is 23.8 Å². The number of amides is 3. The van der Waals surface area contributed by atoms with E-state index in [1.807, 2.05) is 46.8 Å². The van der Waals surface area contributed by atoms with Crippen LogP contribution in [0, 0.1) is 19.8 Å². The summed E-state index contributed by atoms with van der Waals surface area (Å²) in [4.78, 5) is 42.7. The second-order valence-corrected chi connectivity index (χ2v) is 12.4. The van der Waals surface area contributed by atoms with Gasteiger partial charge in [0.2, 0.25) is 11.8 Å². The summed E-state index contributed by atoms with van der Waals surface area (Å²) in [6, 6.07) is 4.43. The third kappa shape index (κ3) is 12.9. The number of nitrogens with zero attached hydrogens (tertiary/aromatic N) is 1. The van der Waals surface area contributed by atoms with E-state index in [0.29, 0.717) is 13.0 Å². The summed E-state index contributed by atoms with van der Waals surface area (Å²) in [5, 5.41) is 5.99. The molecule has 1 rings (SSSR count). The molecule has 1 aromatic rings. The van der Waals surface area contributed by atoms with E-state index in [4.69, 9.17) is 4.74 Å². The molecule has 2 N–H and O–H groups in total. The normalized spacial score (nSPS) is 13.9. The number of aryl methyl sites for hydroxylation is 2. The molecule has 0 saturated heterocycles. The van der Waals surface area contributed by atoms with Gasteiger partial charge in [-0.25, -0.2) is 4.79 Å². The Morgan fingerprint density at radius 1 is 0.897 bits per heavy atom. The molecule has 0 radical (unpaired) electrons. The Bertz CT molecular complexity index is 902. The first-order chi connectivity index (χ1) is 18.2. The zero-order valence-corrected chi connectivity index (χ0v) is 26.3. The van der Waals surface area contributed by atoms with Crippen LogP contribution in [0.3, 0.4) is 0 Å². The molecule has 222 valence electrons. The van der Waals surface area contributed by atoms with Crippen molar-refractivity contribution in [2.75, 3.05) is 6.54 Å². The minimum absolute atomic E-state index is 0.0145. The molecular formula is C32H55N3O4. The van der Waals surface area contributed by atoms with Crippen molar-refractivity contribution in [2.45, 2.75) is 138 Å². The Balaban J connectivity index is 3.57. The average Bonchev–Trinajstić information content (AvgIpc) is 2.78. The van der Waals surface area contributed by atoms with E-state index >= 15 is 0 Å². The molecule has 0 aliphatic heterocycles. The number of hydrogen-bond donors (Lipinski definition) is 2. The summed E-state index contributed by atoms with van der Waals surface area (Å²) in [5.74, 6) is -0.298. The van der Waals surface area contributed by atoms with Gasteiger partial charge in [-0.15, -0.1) is 0 Å². The van der Waals surface area contributed by atoms with Gasteiger partial charge in [0.05, 0.1) is 0 Å². The van der Waals surface area contributed by atoms with Gasteiger partial charge < -0.3 is 20.3 Å². The van der Waals surface area contributed by atoms with E-state index in [0.717, 1.165) is 55.2 Å². The smallest absolute Gasteiger partial charge is 0.408 e. The maximum atomic E-state index is 14.3. The molecule has 0 saturated carbocycles. The molecule has 1 aromatic carbocycles. The first-order valence-corrected chi connectivity index (χ1v) is 14.9. The highest BCUT2D eigenvalue weighted by molar-refractivity contribution is 5.92. The number of unbranched alkanes of at least 4 members (excludes halogenated alkanes) is 3. The number of carbonyl (C=O) groups excluding carboxylic acids is 3. The van der Waals surface area contributed by atoms with E-state index in [1.54, 1.807) is 25.7 Å². The number of ether oxygens (including phenoxy) is 1. The Morgan fingerprint density at radius 2 is 1.51 bits per heavy atom. The number of rotatable bonds is 15. The molecule has 7 nitrogen and oxygen atoms in total. The minimum atomic E-state index is -0.805. The van der Waals surface area contributed by atoms with Crippen LogP contribution in [0.15, 0.2) is 18.2 Å². The number of alkyl carbamates (subject to hydrolysis) is 1. The summed E-state index contributed by atoms with van der Waals surface area (Å²) in [5.41, 5.74) is 2.17. The maximum absolute atomic E-state index is 14.3. The molecular weight excluding hydrogens is 490 g/mol. The standard InChI is InChI=1S/C32H55N3O4/c1-11-13-14-15-17-35(30(37)27(18-22(3)4)34-31(38)39-32(8,9)10)28(29(36)33-25(7)16-12-2)26-20-23(5)19-24(6)21-26/h19-22,25,27-28H,11-18H2,1-10H3,(H,33,36)(H,34,38). The lowest BCUT2D eigenvalue weighted by Crippen LogP contribution is -2.54. The Kier molecular flexibility index (Phi) is 14.6. The first-order valence-electron chi connectivity index (χ1n) is 14.9. The molecule has 3 atom stereocenters. The van der Waals surface area contributed by atoms with Crippen molar-refractivity contribution >= 4 is 17.9 Å². The lowest BCUT2D eigenvalue weighted by molar-refractivity contribution is -0.143. The van der Waals surface area contributed by atoms with Crippen molar-refractivity contribution in [2.24, 2.45) is 5.92 Å². The predicted octanol–water partition coefficient (Wildman–Crippen LogP) is 7.00. The second-order valence-electron chi connectivity index (χ2n) is 12.4. The fourth-order valence-corrected chi connectivity index (χ4v) is 4.89. The van der Waals surface area contributed by atoms with Gasteiger partial charge >= 0.3 is 6.09 Å². The van der Waals surface area contributed by atoms with Gasteiger partial charge in [-0.2, -0.15) is 0 Å². The highest BCUT2D eigenvalue weighted by Crippen LogP contribution is 2.27. The molecule has 3 unspecified atom stereocenters. The summed E-state index contributed by atoms with van der Waals surface area (Å²) in [6.07, 6.45) is 5.48. The number of nitrogens with one attached hydrogen (secondary N) is 2. The lowest BCUT2D eigenvalue weighted by atomic mass is 9.96. The van der Waals surface area contributed by atoms with E-state index < -0.39 is 23.8 Å². The zero-order valence-electron chi connectivity index (χ0n) is 26.3. The van der Waals surface area contributed by atoms with Crippen LogP contribution in [0.25, 0.3) is 0 Å². The van der Waals surface area contributed by atoms with Crippen LogP contribution in [-0.2, 0) is 14.3 Å². The van der Waals surface area contributed by atoms with Gasteiger partial charge in [-0.3, -0.25) is 9.59 Å². The fraction of sp³-hybridized carbons (Fsp3) is 0.719. The van der Waals surface area contributed by atoms with Gasteiger partial charge in [-0.05, 0) is 72.3 Å². The fourth-order valence-electron chi connectivity index (χ4n) is 4.89. The third-order valence-electron chi connectivity index (χ3n) is 6.46. The molecule has 0 bridgehead atoms. The SMILES string of the molecule is CCCCCCN(C(=O)C(CC(C)C)NC(=O)OC(C)(C)C)C(C(=O)NC(C)CCC)c1cc(C)cc(C)c1. The summed E-state index contributed by atoms with van der Waals surface area (Å²) in [6.45, 7) is 20.1. The summed E-state index contributed by atoms with van der Waals surface area (Å²) < 4.78 is 5.50. The highest BCUT2D eigenvalue weighted by atomic mass is 16.6. The molecule has 7 heteroatoms. The van der Waals surface area contributed by atoms with E-state index in [2.05, 4.69) is 30.5 Å². The van der Waals surface area contributed by atoms with Gasteiger partial charge in [0.15, 0.2) is 0 Å². The second kappa shape index (κ2) is 16.5. The van der Waals surface area contributed by atoms with Crippen molar-refractivity contribution in [1.82, 2.24) is 15.5 Å². The van der Waals surface area contributed by atoms with Crippen LogP contribution in [-0.4, -0.2) is 47.0 Å². The van der Waals surface area contributed by atoms with Crippen LogP contribution in [0.1, 0.15) is 123 Å². The van der Waals surface area contributed by atoms with Crippen molar-refractivity contribution in [3.05, 3.63) is 34.9 Å². The first kappa shape index (κ1) is 34.5. The maximum Gasteiger partial charge on any atom is 0.408 e. The van der Waals surface area contributed by atoms with Crippen LogP contribution >= 0.6 is 0 Å². The van der Waals surface area contributed by atoms with Crippen LogP contribution in [0.5, 0.6) is 0 Å². The molecule has 0 aromatic heterocycles.